The van der Waals surface area contributed by atoms with Crippen molar-refractivity contribution < 1.29 is 17.9 Å². The summed E-state index contributed by atoms with van der Waals surface area (Å²) >= 11 is 0. The standard InChI is InChI=1S/C15H12F3O/c1-2-11-7-3-5-9-13(11)19-14-10-6-4-8-12(14)15(16,17)18/h3-9H,2H2,1H3. The molecule has 0 aromatic heterocycles. The number of benzene rings is 2. The summed E-state index contributed by atoms with van der Waals surface area (Å²) in [5.41, 5.74) is 0.0359. The topological polar surface area (TPSA) is 9.23 Å². The molecule has 0 N–H and O–H groups in total. The maximum atomic E-state index is 12.8. The average molecular weight is 265 g/mol. The third kappa shape index (κ3) is 3.08. The SMILES string of the molecule is CCc1ccccc1Oc1[c]cccc1C(F)(F)F. The van der Waals surface area contributed by atoms with Gasteiger partial charge in [0, 0.05) is 6.07 Å². The van der Waals surface area contributed by atoms with Crippen LogP contribution >= 0.6 is 0 Å². The van der Waals surface area contributed by atoms with Gasteiger partial charge < -0.3 is 4.74 Å². The van der Waals surface area contributed by atoms with Gasteiger partial charge in [0.15, 0.2) is 0 Å². The Hall–Kier alpha value is -1.97. The van der Waals surface area contributed by atoms with Crippen molar-refractivity contribution in [1.82, 2.24) is 0 Å². The van der Waals surface area contributed by atoms with Crippen molar-refractivity contribution in [3.05, 3.63) is 59.7 Å². The molecule has 1 nitrogen and oxygen atoms in total. The van der Waals surface area contributed by atoms with Gasteiger partial charge in [0.2, 0.25) is 0 Å². The molecule has 0 atom stereocenters. The second-order valence-corrected chi connectivity index (χ2v) is 3.97. The van der Waals surface area contributed by atoms with Gasteiger partial charge in [0.1, 0.15) is 11.5 Å². The first-order valence-corrected chi connectivity index (χ1v) is 5.86. The molecule has 2 aromatic rings. The van der Waals surface area contributed by atoms with Gasteiger partial charge in [-0.25, -0.2) is 0 Å². The quantitative estimate of drug-likeness (QED) is 0.770. The number of rotatable bonds is 3. The molecule has 2 aromatic carbocycles. The van der Waals surface area contributed by atoms with Crippen LogP contribution in [-0.2, 0) is 12.6 Å². The zero-order valence-electron chi connectivity index (χ0n) is 10.3. The van der Waals surface area contributed by atoms with Gasteiger partial charge in [-0.15, -0.1) is 0 Å². The molecule has 0 saturated carbocycles. The summed E-state index contributed by atoms with van der Waals surface area (Å²) < 4.78 is 43.9. The lowest BCUT2D eigenvalue weighted by molar-refractivity contribution is -0.138. The molecule has 4 heteroatoms. The van der Waals surface area contributed by atoms with Crippen molar-refractivity contribution in [2.24, 2.45) is 0 Å². The number of para-hydroxylation sites is 2. The molecule has 19 heavy (non-hydrogen) atoms. The first kappa shape index (κ1) is 13.5. The van der Waals surface area contributed by atoms with E-state index in [4.69, 9.17) is 4.74 Å². The van der Waals surface area contributed by atoms with E-state index in [0.717, 1.165) is 11.6 Å². The minimum absolute atomic E-state index is 0.295. The van der Waals surface area contributed by atoms with Crippen LogP contribution in [-0.4, -0.2) is 0 Å². The first-order chi connectivity index (χ1) is 9.02. The maximum absolute atomic E-state index is 12.8. The van der Waals surface area contributed by atoms with Crippen LogP contribution in [0.25, 0.3) is 0 Å². The Labute approximate surface area is 109 Å². The summed E-state index contributed by atoms with van der Waals surface area (Å²) in [6.07, 6.45) is -3.77. The second kappa shape index (κ2) is 5.34. The lowest BCUT2D eigenvalue weighted by atomic mass is 10.1. The van der Waals surface area contributed by atoms with E-state index in [1.54, 1.807) is 12.1 Å². The van der Waals surface area contributed by atoms with Crippen LogP contribution in [0, 0.1) is 6.07 Å². The highest BCUT2D eigenvalue weighted by molar-refractivity contribution is 5.41. The number of halogens is 3. The second-order valence-electron chi connectivity index (χ2n) is 3.97. The van der Waals surface area contributed by atoms with Gasteiger partial charge >= 0.3 is 6.18 Å². The van der Waals surface area contributed by atoms with Crippen molar-refractivity contribution >= 4 is 0 Å². The smallest absolute Gasteiger partial charge is 0.420 e. The molecule has 0 saturated heterocycles. The van der Waals surface area contributed by atoms with Crippen molar-refractivity contribution in [3.63, 3.8) is 0 Å². The summed E-state index contributed by atoms with van der Waals surface area (Å²) in [5, 5.41) is 0. The Kier molecular flexibility index (Phi) is 3.79. The van der Waals surface area contributed by atoms with Crippen LogP contribution in [0.5, 0.6) is 11.5 Å². The Balaban J connectivity index is 2.39. The van der Waals surface area contributed by atoms with Gasteiger partial charge in [0.05, 0.1) is 5.56 Å². The Morgan fingerprint density at radius 2 is 1.84 bits per heavy atom. The van der Waals surface area contributed by atoms with E-state index < -0.39 is 11.7 Å². The van der Waals surface area contributed by atoms with Crippen molar-refractivity contribution in [3.8, 4) is 11.5 Å². The normalized spacial score (nSPS) is 11.4. The van der Waals surface area contributed by atoms with Crippen LogP contribution in [0.4, 0.5) is 13.2 Å². The number of aryl methyl sites for hydroxylation is 1. The fourth-order valence-electron chi connectivity index (χ4n) is 1.73. The molecule has 0 aliphatic heterocycles. The van der Waals surface area contributed by atoms with Crippen molar-refractivity contribution in [2.75, 3.05) is 0 Å². The van der Waals surface area contributed by atoms with Gasteiger partial charge in [-0.05, 0) is 24.1 Å². The van der Waals surface area contributed by atoms with Crippen LogP contribution in [0.3, 0.4) is 0 Å². The Morgan fingerprint density at radius 3 is 2.53 bits per heavy atom. The molecule has 1 radical (unpaired) electrons. The predicted molar refractivity (Wildman–Crippen MR) is 66.2 cm³/mol. The molecular weight excluding hydrogens is 253 g/mol. The van der Waals surface area contributed by atoms with Gasteiger partial charge in [-0.1, -0.05) is 37.3 Å². The van der Waals surface area contributed by atoms with E-state index >= 15 is 0 Å². The van der Waals surface area contributed by atoms with Gasteiger partial charge in [-0.2, -0.15) is 13.2 Å². The van der Waals surface area contributed by atoms with E-state index in [1.807, 2.05) is 19.1 Å². The summed E-state index contributed by atoms with van der Waals surface area (Å²) in [4.78, 5) is 0. The van der Waals surface area contributed by atoms with Crippen LogP contribution in [0.1, 0.15) is 18.1 Å². The highest BCUT2D eigenvalue weighted by Gasteiger charge is 2.34. The predicted octanol–water partition coefficient (Wildman–Crippen LogP) is 4.86. The molecule has 0 unspecified atom stereocenters. The lowest BCUT2D eigenvalue weighted by Crippen LogP contribution is -2.07. The Morgan fingerprint density at radius 1 is 1.11 bits per heavy atom. The lowest BCUT2D eigenvalue weighted by Gasteiger charge is -2.14. The van der Waals surface area contributed by atoms with Crippen LogP contribution in [0.2, 0.25) is 0 Å². The largest absolute Gasteiger partial charge is 0.456 e. The summed E-state index contributed by atoms with van der Waals surface area (Å²) in [6, 6.07) is 13.2. The minimum Gasteiger partial charge on any atom is -0.456 e. The molecule has 0 bridgehead atoms. The summed E-state index contributed by atoms with van der Waals surface area (Å²) in [5.74, 6) is 0.133. The first-order valence-electron chi connectivity index (χ1n) is 5.86. The van der Waals surface area contributed by atoms with E-state index in [1.165, 1.54) is 12.1 Å². The van der Waals surface area contributed by atoms with Crippen molar-refractivity contribution in [2.45, 2.75) is 19.5 Å². The number of hydrogen-bond donors (Lipinski definition) is 0. The zero-order chi connectivity index (χ0) is 13.9. The molecule has 2 rings (SSSR count). The fraction of sp³-hybridized carbons (Fsp3) is 0.200. The highest BCUT2D eigenvalue weighted by atomic mass is 19.4. The minimum atomic E-state index is -4.45. The van der Waals surface area contributed by atoms with E-state index in [2.05, 4.69) is 6.07 Å². The monoisotopic (exact) mass is 265 g/mol. The zero-order valence-corrected chi connectivity index (χ0v) is 10.3. The molecule has 0 aliphatic carbocycles. The molecule has 0 fully saturated rings. The van der Waals surface area contributed by atoms with Gasteiger partial charge in [-0.3, -0.25) is 0 Å². The van der Waals surface area contributed by atoms with Crippen molar-refractivity contribution in [1.29, 1.82) is 0 Å². The van der Waals surface area contributed by atoms with E-state index in [9.17, 15) is 13.2 Å². The highest BCUT2D eigenvalue weighted by Crippen LogP contribution is 2.38. The maximum Gasteiger partial charge on any atom is 0.420 e. The molecule has 0 aliphatic rings. The van der Waals surface area contributed by atoms with E-state index in [0.29, 0.717) is 12.2 Å². The third-order valence-corrected chi connectivity index (χ3v) is 2.69. The van der Waals surface area contributed by atoms with E-state index in [-0.39, 0.29) is 5.75 Å². The summed E-state index contributed by atoms with van der Waals surface area (Å²) in [7, 11) is 0. The average Bonchev–Trinajstić information content (AvgIpc) is 2.39. The molecule has 0 spiro atoms. The van der Waals surface area contributed by atoms with Crippen LogP contribution in [0.15, 0.2) is 42.5 Å². The summed E-state index contributed by atoms with van der Waals surface area (Å²) in [6.45, 7) is 1.92. The molecule has 0 heterocycles. The Bertz CT molecular complexity index is 561. The van der Waals surface area contributed by atoms with Crippen LogP contribution < -0.4 is 4.74 Å². The molecule has 99 valence electrons. The number of hydrogen-bond acceptors (Lipinski definition) is 1. The van der Waals surface area contributed by atoms with Gasteiger partial charge in [0.25, 0.3) is 0 Å². The number of ether oxygens (including phenoxy) is 1. The third-order valence-electron chi connectivity index (χ3n) is 2.69. The number of alkyl halides is 3. The fourth-order valence-corrected chi connectivity index (χ4v) is 1.73. The molecule has 0 amide bonds. The molecular formula is C15H12F3O.